The number of nitrogens with zero attached hydrogens (tertiary/aromatic N) is 1. The molecule has 0 radical (unpaired) electrons. The zero-order valence-electron chi connectivity index (χ0n) is 16.4. The SMILES string of the molecule is O=S(=O)(OC(c1ccccc1)C(Cl)(Cl)Cl)N1CC(c2ccccc2)CC12CCCC2. The van der Waals surface area contributed by atoms with Crippen LogP contribution >= 0.6 is 34.8 Å². The van der Waals surface area contributed by atoms with Crippen LogP contribution < -0.4 is 0 Å². The van der Waals surface area contributed by atoms with Gasteiger partial charge in [-0.25, -0.2) is 4.18 Å². The molecule has 0 aromatic heterocycles. The van der Waals surface area contributed by atoms with Crippen LogP contribution in [-0.2, 0) is 14.5 Å². The first-order valence-electron chi connectivity index (χ1n) is 10.1. The number of hydrogen-bond donors (Lipinski definition) is 0. The molecule has 2 aliphatic rings. The molecule has 0 amide bonds. The Morgan fingerprint density at radius 3 is 2.10 bits per heavy atom. The Balaban J connectivity index is 1.66. The standard InChI is InChI=1S/C22H24Cl3NO3S/c23-22(24,25)20(18-11-5-2-6-12-18)29-30(27,28)26-16-19(17-9-3-1-4-10-17)15-21(26)13-7-8-14-21/h1-6,9-12,19-20H,7-8,13-16H2. The van der Waals surface area contributed by atoms with E-state index >= 15 is 0 Å². The van der Waals surface area contributed by atoms with Crippen LogP contribution in [0.25, 0.3) is 0 Å². The van der Waals surface area contributed by atoms with Crippen LogP contribution in [0.4, 0.5) is 0 Å². The van der Waals surface area contributed by atoms with Gasteiger partial charge < -0.3 is 0 Å². The Hall–Kier alpha value is -0.820. The number of alkyl halides is 3. The first-order chi connectivity index (χ1) is 14.2. The van der Waals surface area contributed by atoms with Crippen molar-refractivity contribution in [2.75, 3.05) is 6.54 Å². The molecule has 0 bridgehead atoms. The highest BCUT2D eigenvalue weighted by Gasteiger charge is 2.54. The topological polar surface area (TPSA) is 46.6 Å². The van der Waals surface area contributed by atoms with Crippen molar-refractivity contribution < 1.29 is 12.6 Å². The van der Waals surface area contributed by atoms with Crippen molar-refractivity contribution in [2.24, 2.45) is 0 Å². The summed E-state index contributed by atoms with van der Waals surface area (Å²) in [6.45, 7) is 0.369. The number of rotatable bonds is 5. The van der Waals surface area contributed by atoms with E-state index in [2.05, 4.69) is 12.1 Å². The van der Waals surface area contributed by atoms with E-state index < -0.39 is 25.7 Å². The van der Waals surface area contributed by atoms with Gasteiger partial charge in [0.25, 0.3) is 0 Å². The summed E-state index contributed by atoms with van der Waals surface area (Å²) in [6.07, 6.45) is 3.19. The van der Waals surface area contributed by atoms with Gasteiger partial charge in [-0.3, -0.25) is 0 Å². The van der Waals surface area contributed by atoms with Crippen LogP contribution in [0.5, 0.6) is 0 Å². The molecule has 1 heterocycles. The van der Waals surface area contributed by atoms with E-state index in [9.17, 15) is 8.42 Å². The molecule has 2 unspecified atom stereocenters. The van der Waals surface area contributed by atoms with Crippen LogP contribution in [0.3, 0.4) is 0 Å². The van der Waals surface area contributed by atoms with E-state index in [1.807, 2.05) is 24.3 Å². The van der Waals surface area contributed by atoms with Crippen LogP contribution in [0.15, 0.2) is 60.7 Å². The summed E-state index contributed by atoms with van der Waals surface area (Å²) in [5, 5.41) is 0. The molecular formula is C22H24Cl3NO3S. The van der Waals surface area contributed by atoms with Crippen molar-refractivity contribution in [1.82, 2.24) is 4.31 Å². The maximum absolute atomic E-state index is 13.5. The number of hydrogen-bond acceptors (Lipinski definition) is 3. The lowest BCUT2D eigenvalue weighted by atomic mass is 9.88. The van der Waals surface area contributed by atoms with Gasteiger partial charge in [-0.15, -0.1) is 0 Å². The molecule has 2 aromatic rings. The average molecular weight is 489 g/mol. The minimum Gasteiger partial charge on any atom is -0.245 e. The van der Waals surface area contributed by atoms with Crippen molar-refractivity contribution in [3.05, 3.63) is 71.8 Å². The molecule has 1 aliphatic carbocycles. The van der Waals surface area contributed by atoms with Gasteiger partial charge in [0.15, 0.2) is 6.10 Å². The zero-order chi connectivity index (χ0) is 21.4. The second-order valence-corrected chi connectivity index (χ2v) is 12.0. The molecule has 2 fully saturated rings. The second-order valence-electron chi connectivity index (χ2n) is 8.16. The predicted octanol–water partition coefficient (Wildman–Crippen LogP) is 6.16. The summed E-state index contributed by atoms with van der Waals surface area (Å²) in [6, 6.07) is 18.8. The fourth-order valence-corrected chi connectivity index (χ4v) is 7.25. The maximum Gasteiger partial charge on any atom is 0.339 e. The lowest BCUT2D eigenvalue weighted by Crippen LogP contribution is -2.46. The molecule has 162 valence electrons. The van der Waals surface area contributed by atoms with E-state index in [-0.39, 0.29) is 5.92 Å². The van der Waals surface area contributed by atoms with Crippen molar-refractivity contribution >= 4 is 45.1 Å². The van der Waals surface area contributed by atoms with Gasteiger partial charge in [0.05, 0.1) is 0 Å². The molecule has 0 N–H and O–H groups in total. The van der Waals surface area contributed by atoms with Gasteiger partial charge in [0.1, 0.15) is 0 Å². The monoisotopic (exact) mass is 487 g/mol. The molecule has 30 heavy (non-hydrogen) atoms. The van der Waals surface area contributed by atoms with E-state index in [0.717, 1.165) is 37.7 Å². The van der Waals surface area contributed by atoms with Gasteiger partial charge >= 0.3 is 10.3 Å². The highest BCUT2D eigenvalue weighted by atomic mass is 35.6. The normalized spacial score (nSPS) is 23.1. The Labute approximate surface area is 193 Å². The molecule has 1 spiro atoms. The average Bonchev–Trinajstić information content (AvgIpc) is 3.35. The smallest absolute Gasteiger partial charge is 0.245 e. The van der Waals surface area contributed by atoms with Gasteiger partial charge in [-0.2, -0.15) is 12.7 Å². The molecule has 4 nitrogen and oxygen atoms in total. The van der Waals surface area contributed by atoms with Crippen molar-refractivity contribution in [3.8, 4) is 0 Å². The third-order valence-electron chi connectivity index (χ3n) is 6.23. The van der Waals surface area contributed by atoms with Gasteiger partial charge in [-0.05, 0) is 36.3 Å². The molecule has 8 heteroatoms. The molecule has 2 atom stereocenters. The zero-order valence-corrected chi connectivity index (χ0v) is 19.5. The number of halogens is 3. The Morgan fingerprint density at radius 1 is 0.967 bits per heavy atom. The minimum atomic E-state index is -4.14. The van der Waals surface area contributed by atoms with Crippen LogP contribution in [0, 0.1) is 0 Å². The van der Waals surface area contributed by atoms with Crippen LogP contribution in [-0.4, -0.2) is 28.6 Å². The molecule has 1 saturated heterocycles. The van der Waals surface area contributed by atoms with E-state index in [1.165, 1.54) is 4.31 Å². The summed E-state index contributed by atoms with van der Waals surface area (Å²) in [7, 11) is -4.14. The number of benzene rings is 2. The predicted molar refractivity (Wildman–Crippen MR) is 121 cm³/mol. The highest BCUT2D eigenvalue weighted by Crippen LogP contribution is 2.51. The molecule has 4 rings (SSSR count). The molecule has 1 saturated carbocycles. The first-order valence-corrected chi connectivity index (χ1v) is 12.6. The van der Waals surface area contributed by atoms with E-state index in [0.29, 0.717) is 12.1 Å². The summed E-state index contributed by atoms with van der Waals surface area (Å²) < 4.78 is 32.3. The molecule has 2 aromatic carbocycles. The largest absolute Gasteiger partial charge is 0.339 e. The Bertz CT molecular complexity index is 958. The van der Waals surface area contributed by atoms with Crippen molar-refractivity contribution in [3.63, 3.8) is 0 Å². The van der Waals surface area contributed by atoms with Crippen molar-refractivity contribution in [1.29, 1.82) is 0 Å². The molecule has 1 aliphatic heterocycles. The highest BCUT2D eigenvalue weighted by molar-refractivity contribution is 7.84. The van der Waals surface area contributed by atoms with Gasteiger partial charge in [0.2, 0.25) is 3.79 Å². The third kappa shape index (κ3) is 4.52. The maximum atomic E-state index is 13.5. The van der Waals surface area contributed by atoms with E-state index in [1.54, 1.807) is 24.3 Å². The summed E-state index contributed by atoms with van der Waals surface area (Å²) in [4.78, 5) is 0. The lowest BCUT2D eigenvalue weighted by molar-refractivity contribution is 0.159. The second kappa shape index (κ2) is 8.61. The minimum absolute atomic E-state index is 0.116. The summed E-state index contributed by atoms with van der Waals surface area (Å²) in [5.74, 6) is 0.116. The van der Waals surface area contributed by atoms with Crippen LogP contribution in [0.1, 0.15) is 55.3 Å². The fraction of sp³-hybridized carbons (Fsp3) is 0.455. The summed E-state index contributed by atoms with van der Waals surface area (Å²) >= 11 is 18.4. The van der Waals surface area contributed by atoms with E-state index in [4.69, 9.17) is 39.0 Å². The first kappa shape index (κ1) is 22.4. The fourth-order valence-electron chi connectivity index (χ4n) is 4.88. The Kier molecular flexibility index (Phi) is 6.42. The molecular weight excluding hydrogens is 465 g/mol. The quantitative estimate of drug-likeness (QED) is 0.473. The summed E-state index contributed by atoms with van der Waals surface area (Å²) in [5.41, 5.74) is 1.21. The third-order valence-corrected chi connectivity index (χ3v) is 8.34. The Morgan fingerprint density at radius 2 is 1.53 bits per heavy atom. The van der Waals surface area contributed by atoms with Crippen molar-refractivity contribution in [2.45, 2.75) is 53.5 Å². The van der Waals surface area contributed by atoms with Gasteiger partial charge in [-0.1, -0.05) is 108 Å². The van der Waals surface area contributed by atoms with Crippen LogP contribution in [0.2, 0.25) is 0 Å². The van der Waals surface area contributed by atoms with Gasteiger partial charge in [0, 0.05) is 12.1 Å². The lowest BCUT2D eigenvalue weighted by Gasteiger charge is -2.35.